The molecule has 2 fully saturated rings. The predicted molar refractivity (Wildman–Crippen MR) is 225 cm³/mol. The number of carbonyl (C=O) groups is 3. The van der Waals surface area contributed by atoms with E-state index in [-0.39, 0.29) is 47.6 Å². The van der Waals surface area contributed by atoms with Crippen LogP contribution in [0.3, 0.4) is 0 Å². The molecule has 0 radical (unpaired) electrons. The van der Waals surface area contributed by atoms with E-state index in [4.69, 9.17) is 20.8 Å². The van der Waals surface area contributed by atoms with Crippen molar-refractivity contribution in [2.75, 3.05) is 67.8 Å². The van der Waals surface area contributed by atoms with Crippen LogP contribution in [0.5, 0.6) is 5.75 Å². The van der Waals surface area contributed by atoms with Crippen LogP contribution in [-0.4, -0.2) is 94.6 Å². The molecule has 3 aliphatic rings. The summed E-state index contributed by atoms with van der Waals surface area (Å²) < 4.78 is 41.1. The molecule has 7 rings (SSSR count). The fraction of sp³-hybridized carbons (Fsp3) is 0.535. The molecule has 0 spiro atoms. The zero-order valence-corrected chi connectivity index (χ0v) is 34.8. The third kappa shape index (κ3) is 11.6. The number of hydrogen-bond donors (Lipinski definition) is 3. The molecule has 1 aliphatic heterocycles. The van der Waals surface area contributed by atoms with Gasteiger partial charge in [-0.3, -0.25) is 19.1 Å². The van der Waals surface area contributed by atoms with Crippen molar-refractivity contribution in [2.45, 2.75) is 83.1 Å². The minimum absolute atomic E-state index is 0.0282. The van der Waals surface area contributed by atoms with E-state index in [1.807, 2.05) is 12.1 Å². The Hall–Kier alpha value is -5.09. The van der Waals surface area contributed by atoms with E-state index in [1.165, 1.54) is 25.3 Å². The van der Waals surface area contributed by atoms with E-state index in [9.17, 15) is 23.2 Å². The first-order valence-corrected chi connectivity index (χ1v) is 21.6. The lowest BCUT2D eigenvalue weighted by Gasteiger charge is -2.31. The maximum absolute atomic E-state index is 14.1. The number of aromatic nitrogens is 4. The molecule has 3 aromatic heterocycles. The maximum Gasteiger partial charge on any atom is 0.284 e. The first-order valence-electron chi connectivity index (χ1n) is 21.0. The monoisotopic (exact) mass is 849 g/mol. The molecule has 0 saturated heterocycles. The zero-order chi connectivity index (χ0) is 42.0. The van der Waals surface area contributed by atoms with E-state index in [1.54, 1.807) is 34.0 Å². The lowest BCUT2D eigenvalue weighted by molar-refractivity contribution is -0.123. The van der Waals surface area contributed by atoms with E-state index in [0.29, 0.717) is 42.1 Å². The summed E-state index contributed by atoms with van der Waals surface area (Å²) >= 11 is 5.77. The van der Waals surface area contributed by atoms with Gasteiger partial charge in [-0.05, 0) is 126 Å². The number of ether oxygens (including phenoxy) is 1. The topological polar surface area (TPSA) is 160 Å². The highest BCUT2D eigenvalue weighted by Crippen LogP contribution is 2.36. The number of halogens is 3. The molecule has 4 heterocycles. The number of benzene rings is 1. The van der Waals surface area contributed by atoms with Crippen LogP contribution in [0.2, 0.25) is 0 Å². The molecule has 0 bridgehead atoms. The van der Waals surface area contributed by atoms with Crippen LogP contribution in [0.15, 0.2) is 53.4 Å². The van der Waals surface area contributed by atoms with Crippen LogP contribution in [0, 0.1) is 11.8 Å². The van der Waals surface area contributed by atoms with Crippen LogP contribution >= 0.6 is 11.6 Å². The molecule has 0 atom stereocenters. The Labute approximate surface area is 353 Å². The Morgan fingerprint density at radius 1 is 1.05 bits per heavy atom. The van der Waals surface area contributed by atoms with Gasteiger partial charge in [0.05, 0.1) is 11.7 Å². The van der Waals surface area contributed by atoms with Crippen molar-refractivity contribution in [1.29, 1.82) is 0 Å². The Bertz CT molecular complexity index is 2080. The molecule has 14 nitrogen and oxygen atoms in total. The number of carbonyl (C=O) groups excluding carboxylic acids is 3. The fourth-order valence-electron chi connectivity index (χ4n) is 8.01. The van der Waals surface area contributed by atoms with Crippen LogP contribution in [0.1, 0.15) is 98.4 Å². The summed E-state index contributed by atoms with van der Waals surface area (Å²) in [5, 5.41) is 13.0. The van der Waals surface area contributed by atoms with Gasteiger partial charge < -0.3 is 34.9 Å². The minimum Gasteiger partial charge on any atom is -0.484 e. The lowest BCUT2D eigenvalue weighted by atomic mass is 9.86. The maximum atomic E-state index is 14.1. The van der Waals surface area contributed by atoms with Gasteiger partial charge in [0.1, 0.15) is 23.7 Å². The van der Waals surface area contributed by atoms with Gasteiger partial charge in [0.25, 0.3) is 18.2 Å². The number of amides is 3. The second-order valence-corrected chi connectivity index (χ2v) is 16.4. The first kappa shape index (κ1) is 43.0. The standard InChI is InChI=1S/C43H54ClF2N9O5/c1-53(18-4-2-3-16-48-38(56)27-59-33-13-14-36-30(20-33)6-5-19-54(36)39(57)22-44)24-29-9-11-32(12-10-29)55-25-34(40(52-55)41(45)46)50-42(58)35-26-60-43(51-35)31-15-17-47-37(21-31)49-23-28-7-8-28/h13-15,17,20-21,25-26,28-29,32,41H,2-12,16,18-19,22-24,27H2,1H3,(H,47,49)(H,48,56)(H,50,58)/t29-,32-. The van der Waals surface area contributed by atoms with Gasteiger partial charge in [0.2, 0.25) is 11.8 Å². The second kappa shape index (κ2) is 20.4. The van der Waals surface area contributed by atoms with Crippen molar-refractivity contribution < 1.29 is 32.3 Å². The number of aryl methyl sites for hydroxylation is 1. The van der Waals surface area contributed by atoms with Crippen LogP contribution < -0.4 is 25.6 Å². The van der Waals surface area contributed by atoms with Crippen molar-refractivity contribution in [3.63, 3.8) is 0 Å². The summed E-state index contributed by atoms with van der Waals surface area (Å²) in [4.78, 5) is 50.4. The molecule has 17 heteroatoms. The van der Waals surface area contributed by atoms with Crippen molar-refractivity contribution in [1.82, 2.24) is 30.0 Å². The second-order valence-electron chi connectivity index (χ2n) is 16.2. The number of hydrogen-bond acceptors (Lipinski definition) is 10. The summed E-state index contributed by atoms with van der Waals surface area (Å²) in [5.41, 5.74) is 1.98. The number of unbranched alkanes of at least 4 members (excludes halogenated alkanes) is 2. The van der Waals surface area contributed by atoms with Crippen LogP contribution in [-0.2, 0) is 16.0 Å². The average molecular weight is 850 g/mol. The number of pyridine rings is 1. The quantitative estimate of drug-likeness (QED) is 0.0601. The predicted octanol–water partition coefficient (Wildman–Crippen LogP) is 7.49. The van der Waals surface area contributed by atoms with E-state index < -0.39 is 18.0 Å². The van der Waals surface area contributed by atoms with Gasteiger partial charge in [-0.2, -0.15) is 5.10 Å². The van der Waals surface area contributed by atoms with Crippen LogP contribution in [0.4, 0.5) is 26.0 Å². The van der Waals surface area contributed by atoms with Crippen molar-refractivity contribution >= 4 is 46.5 Å². The summed E-state index contributed by atoms with van der Waals surface area (Å²) in [5.74, 6) is 1.68. The van der Waals surface area contributed by atoms with Gasteiger partial charge in [-0.1, -0.05) is 6.42 Å². The molecule has 4 aromatic rings. The largest absolute Gasteiger partial charge is 0.484 e. The molecule has 3 amide bonds. The van der Waals surface area contributed by atoms with Crippen LogP contribution in [0.25, 0.3) is 11.5 Å². The van der Waals surface area contributed by atoms with E-state index >= 15 is 0 Å². The van der Waals surface area contributed by atoms with E-state index in [0.717, 1.165) is 88.7 Å². The highest BCUT2D eigenvalue weighted by Gasteiger charge is 2.28. The Balaban J connectivity index is 0.783. The molecule has 322 valence electrons. The molecular formula is C43H54ClF2N9O5. The number of oxazole rings is 1. The third-order valence-electron chi connectivity index (χ3n) is 11.5. The zero-order valence-electron chi connectivity index (χ0n) is 34.0. The number of fused-ring (bicyclic) bond motifs is 1. The van der Waals surface area contributed by atoms with Gasteiger partial charge in [-0.25, -0.2) is 18.7 Å². The molecular weight excluding hydrogens is 796 g/mol. The first-order chi connectivity index (χ1) is 29.1. The fourth-order valence-corrected chi connectivity index (χ4v) is 8.15. The van der Waals surface area contributed by atoms with Crippen molar-refractivity contribution in [2.24, 2.45) is 11.8 Å². The summed E-state index contributed by atoms with van der Waals surface area (Å²) in [6, 6.07) is 9.02. The van der Waals surface area contributed by atoms with Gasteiger partial charge in [0, 0.05) is 49.8 Å². The molecule has 3 N–H and O–H groups in total. The summed E-state index contributed by atoms with van der Waals surface area (Å²) in [6.07, 6.45) is 12.0. The average Bonchev–Trinajstić information content (AvgIpc) is 3.78. The highest BCUT2D eigenvalue weighted by molar-refractivity contribution is 6.29. The highest BCUT2D eigenvalue weighted by atomic mass is 35.5. The molecule has 60 heavy (non-hydrogen) atoms. The number of alkyl halides is 3. The SMILES string of the molecule is CN(CCCCCNC(=O)COc1ccc2c(c1)CCCN2C(=O)CCl)C[C@H]1CC[C@H](n2cc(NC(=O)c3coc(-c4ccnc(NCC5CC5)c4)n3)c(C(F)F)n2)CC1. The normalized spacial score (nSPS) is 17.7. The Kier molecular flexibility index (Phi) is 14.7. The number of nitrogens with one attached hydrogen (secondary N) is 3. The molecule has 2 aliphatic carbocycles. The van der Waals surface area contributed by atoms with E-state index in [2.05, 4.69) is 43.0 Å². The number of nitrogens with zero attached hydrogens (tertiary/aromatic N) is 6. The smallest absolute Gasteiger partial charge is 0.284 e. The Morgan fingerprint density at radius 2 is 1.87 bits per heavy atom. The summed E-state index contributed by atoms with van der Waals surface area (Å²) in [7, 11) is 2.12. The number of anilines is 3. The van der Waals surface area contributed by atoms with Gasteiger partial charge in [0.15, 0.2) is 18.0 Å². The Morgan fingerprint density at radius 3 is 2.65 bits per heavy atom. The van der Waals surface area contributed by atoms with Crippen molar-refractivity contribution in [3.8, 4) is 17.2 Å². The van der Waals surface area contributed by atoms with Gasteiger partial charge in [-0.15, -0.1) is 11.6 Å². The molecule has 0 unspecified atom stereocenters. The molecule has 2 saturated carbocycles. The third-order valence-corrected chi connectivity index (χ3v) is 11.7. The van der Waals surface area contributed by atoms with Crippen molar-refractivity contribution in [3.05, 3.63) is 65.9 Å². The minimum atomic E-state index is -2.86. The molecule has 1 aromatic carbocycles. The lowest BCUT2D eigenvalue weighted by Crippen LogP contribution is -2.36. The van der Waals surface area contributed by atoms with Gasteiger partial charge >= 0.3 is 0 Å². The number of rotatable bonds is 20. The summed E-state index contributed by atoms with van der Waals surface area (Å²) in [6.45, 7) is 3.89.